The van der Waals surface area contributed by atoms with Crippen molar-refractivity contribution in [2.45, 2.75) is 13.8 Å². The Morgan fingerprint density at radius 1 is 1.36 bits per heavy atom. The molecule has 0 heterocycles. The average molecular weight is 193 g/mol. The summed E-state index contributed by atoms with van der Waals surface area (Å²) in [6.07, 6.45) is 0.669. The number of aromatic hydroxyl groups is 1. The number of phenols is 1. The van der Waals surface area contributed by atoms with Gasteiger partial charge in [-0.1, -0.05) is 0 Å². The highest BCUT2D eigenvalue weighted by Gasteiger charge is 2.05. The monoisotopic (exact) mass is 193 g/mol. The third-order valence-electron chi connectivity index (χ3n) is 2.27. The average Bonchev–Trinajstić information content (AvgIpc) is 2.22. The summed E-state index contributed by atoms with van der Waals surface area (Å²) in [6, 6.07) is 5.07. The maximum atomic E-state index is 10.6. The van der Waals surface area contributed by atoms with Crippen molar-refractivity contribution in [3.05, 3.63) is 23.8 Å². The molecule has 0 aromatic heterocycles. The minimum absolute atomic E-state index is 0.0379. The van der Waals surface area contributed by atoms with Gasteiger partial charge in [-0.2, -0.15) is 0 Å². The molecule has 0 bridgehead atoms. The van der Waals surface area contributed by atoms with Crippen LogP contribution in [0.4, 0.5) is 5.69 Å². The van der Waals surface area contributed by atoms with E-state index >= 15 is 0 Å². The summed E-state index contributed by atoms with van der Waals surface area (Å²) in [5, 5.41) is 9.31. The number of carbonyl (C=O) groups is 1. The van der Waals surface area contributed by atoms with Crippen LogP contribution < -0.4 is 4.90 Å². The number of carbonyl (C=O) groups excluding carboxylic acids is 1. The fourth-order valence-corrected chi connectivity index (χ4v) is 1.42. The van der Waals surface area contributed by atoms with Crippen molar-refractivity contribution in [2.24, 2.45) is 0 Å². The zero-order valence-electron chi connectivity index (χ0n) is 8.53. The summed E-state index contributed by atoms with van der Waals surface area (Å²) < 4.78 is 0. The zero-order valence-corrected chi connectivity index (χ0v) is 8.53. The van der Waals surface area contributed by atoms with Crippen LogP contribution in [0, 0.1) is 0 Å². The van der Waals surface area contributed by atoms with Gasteiger partial charge in [0.2, 0.25) is 0 Å². The van der Waals surface area contributed by atoms with Crippen LogP contribution in [-0.4, -0.2) is 24.5 Å². The van der Waals surface area contributed by atoms with Crippen LogP contribution in [0.2, 0.25) is 0 Å². The van der Waals surface area contributed by atoms with Gasteiger partial charge in [-0.15, -0.1) is 0 Å². The molecule has 0 aliphatic rings. The van der Waals surface area contributed by atoms with E-state index in [1.54, 1.807) is 12.1 Å². The molecule has 0 fully saturated rings. The van der Waals surface area contributed by atoms with Gasteiger partial charge >= 0.3 is 0 Å². The first-order valence-electron chi connectivity index (χ1n) is 4.76. The predicted molar refractivity (Wildman–Crippen MR) is 57.1 cm³/mol. The molecule has 0 amide bonds. The molecule has 0 atom stereocenters. The number of hydrogen-bond donors (Lipinski definition) is 1. The van der Waals surface area contributed by atoms with E-state index in [-0.39, 0.29) is 5.75 Å². The molecule has 0 saturated heterocycles. The van der Waals surface area contributed by atoms with Crippen LogP contribution in [0.25, 0.3) is 0 Å². The molecule has 1 aromatic carbocycles. The van der Waals surface area contributed by atoms with E-state index in [0.29, 0.717) is 11.8 Å². The quantitative estimate of drug-likeness (QED) is 0.744. The van der Waals surface area contributed by atoms with Crippen molar-refractivity contribution in [2.75, 3.05) is 18.0 Å². The Kier molecular flexibility index (Phi) is 3.51. The summed E-state index contributed by atoms with van der Waals surface area (Å²) in [5.74, 6) is 0.0379. The lowest BCUT2D eigenvalue weighted by Crippen LogP contribution is -2.21. The van der Waals surface area contributed by atoms with Crippen LogP contribution in [0.3, 0.4) is 0 Å². The maximum absolute atomic E-state index is 10.6. The standard InChI is InChI=1S/C11H15NO2/c1-3-12(4-2)10-5-6-11(14)9(7-10)8-13/h5-8,14H,3-4H2,1-2H3. The van der Waals surface area contributed by atoms with Crippen molar-refractivity contribution in [3.63, 3.8) is 0 Å². The van der Waals surface area contributed by atoms with E-state index in [2.05, 4.69) is 18.7 Å². The Hall–Kier alpha value is -1.51. The summed E-state index contributed by atoms with van der Waals surface area (Å²) >= 11 is 0. The number of aldehydes is 1. The van der Waals surface area contributed by atoms with Crippen molar-refractivity contribution < 1.29 is 9.90 Å². The Bertz CT molecular complexity index is 319. The summed E-state index contributed by atoms with van der Waals surface area (Å²) in [7, 11) is 0. The SMILES string of the molecule is CCN(CC)c1ccc(O)c(C=O)c1. The minimum Gasteiger partial charge on any atom is -0.507 e. The lowest BCUT2D eigenvalue weighted by atomic mass is 10.2. The van der Waals surface area contributed by atoms with E-state index < -0.39 is 0 Å². The molecule has 14 heavy (non-hydrogen) atoms. The number of rotatable bonds is 4. The molecule has 3 heteroatoms. The van der Waals surface area contributed by atoms with Gasteiger partial charge in [-0.05, 0) is 32.0 Å². The number of nitrogens with zero attached hydrogens (tertiary/aromatic N) is 1. The van der Waals surface area contributed by atoms with Gasteiger partial charge in [-0.25, -0.2) is 0 Å². The Morgan fingerprint density at radius 2 is 2.00 bits per heavy atom. The van der Waals surface area contributed by atoms with Gasteiger partial charge in [0, 0.05) is 18.8 Å². The van der Waals surface area contributed by atoms with Crippen LogP contribution in [0.5, 0.6) is 5.75 Å². The molecule has 0 aliphatic carbocycles. The second kappa shape index (κ2) is 4.65. The van der Waals surface area contributed by atoms with Gasteiger partial charge < -0.3 is 10.0 Å². The molecular formula is C11H15NO2. The summed E-state index contributed by atoms with van der Waals surface area (Å²) in [5.41, 5.74) is 1.31. The van der Waals surface area contributed by atoms with Crippen molar-refractivity contribution in [1.82, 2.24) is 0 Å². The topological polar surface area (TPSA) is 40.5 Å². The maximum Gasteiger partial charge on any atom is 0.153 e. The molecule has 1 rings (SSSR count). The fourth-order valence-electron chi connectivity index (χ4n) is 1.42. The first kappa shape index (κ1) is 10.6. The first-order chi connectivity index (χ1) is 6.72. The van der Waals surface area contributed by atoms with E-state index in [1.807, 2.05) is 6.07 Å². The van der Waals surface area contributed by atoms with E-state index in [0.717, 1.165) is 18.8 Å². The third-order valence-corrected chi connectivity index (χ3v) is 2.27. The lowest BCUT2D eigenvalue weighted by molar-refractivity contribution is 0.112. The molecule has 1 aromatic rings. The molecule has 1 N–H and O–H groups in total. The van der Waals surface area contributed by atoms with Crippen molar-refractivity contribution in [3.8, 4) is 5.75 Å². The molecule has 3 nitrogen and oxygen atoms in total. The first-order valence-corrected chi connectivity index (χ1v) is 4.76. The molecular weight excluding hydrogens is 178 g/mol. The lowest BCUT2D eigenvalue weighted by Gasteiger charge is -2.21. The smallest absolute Gasteiger partial charge is 0.153 e. The van der Waals surface area contributed by atoms with E-state index in [9.17, 15) is 9.90 Å². The van der Waals surface area contributed by atoms with Crippen LogP contribution in [0.15, 0.2) is 18.2 Å². The number of benzene rings is 1. The molecule has 0 saturated carbocycles. The zero-order chi connectivity index (χ0) is 10.6. The van der Waals surface area contributed by atoms with E-state index in [1.165, 1.54) is 0 Å². The van der Waals surface area contributed by atoms with Crippen molar-refractivity contribution in [1.29, 1.82) is 0 Å². The summed E-state index contributed by atoms with van der Waals surface area (Å²) in [6.45, 7) is 5.88. The van der Waals surface area contributed by atoms with Gasteiger partial charge in [0.15, 0.2) is 6.29 Å². The van der Waals surface area contributed by atoms with Crippen molar-refractivity contribution >= 4 is 12.0 Å². The van der Waals surface area contributed by atoms with Gasteiger partial charge in [0.05, 0.1) is 5.56 Å². The predicted octanol–water partition coefficient (Wildman–Crippen LogP) is 2.05. The Balaban J connectivity index is 3.04. The molecule has 0 radical (unpaired) electrons. The molecule has 76 valence electrons. The minimum atomic E-state index is 0.0379. The third kappa shape index (κ3) is 2.05. The second-order valence-electron chi connectivity index (χ2n) is 3.03. The Labute approximate surface area is 84.0 Å². The van der Waals surface area contributed by atoms with Crippen LogP contribution >= 0.6 is 0 Å². The second-order valence-corrected chi connectivity index (χ2v) is 3.03. The van der Waals surface area contributed by atoms with Gasteiger partial charge in [0.25, 0.3) is 0 Å². The van der Waals surface area contributed by atoms with Gasteiger partial charge in [-0.3, -0.25) is 4.79 Å². The van der Waals surface area contributed by atoms with Crippen LogP contribution in [-0.2, 0) is 0 Å². The number of phenolic OH excluding ortho intramolecular Hbond substituents is 1. The fraction of sp³-hybridized carbons (Fsp3) is 0.364. The van der Waals surface area contributed by atoms with Crippen LogP contribution in [0.1, 0.15) is 24.2 Å². The normalized spacial score (nSPS) is 9.86. The molecule has 0 unspecified atom stereocenters. The highest BCUT2D eigenvalue weighted by atomic mass is 16.3. The van der Waals surface area contributed by atoms with Gasteiger partial charge in [0.1, 0.15) is 5.75 Å². The number of anilines is 1. The molecule has 0 spiro atoms. The largest absolute Gasteiger partial charge is 0.507 e. The number of hydrogen-bond acceptors (Lipinski definition) is 3. The summed E-state index contributed by atoms with van der Waals surface area (Å²) in [4.78, 5) is 12.7. The Morgan fingerprint density at radius 3 is 2.50 bits per heavy atom. The highest BCUT2D eigenvalue weighted by Crippen LogP contribution is 2.22. The van der Waals surface area contributed by atoms with E-state index in [4.69, 9.17) is 0 Å². The molecule has 0 aliphatic heterocycles. The highest BCUT2D eigenvalue weighted by molar-refractivity contribution is 5.81.